The molecule has 0 amide bonds. The molecule has 2 aromatic rings. The van der Waals surface area contributed by atoms with Crippen molar-refractivity contribution in [3.05, 3.63) is 60.2 Å². The molecule has 0 spiro atoms. The largest absolute Gasteiger partial charge is 0.468 e. The van der Waals surface area contributed by atoms with Crippen LogP contribution in [0.15, 0.2) is 54.6 Å². The van der Waals surface area contributed by atoms with Crippen molar-refractivity contribution in [2.45, 2.75) is 40.0 Å². The van der Waals surface area contributed by atoms with E-state index in [1.807, 2.05) is 6.08 Å². The zero-order valence-corrected chi connectivity index (χ0v) is 16.2. The number of hydrogen-bond donors (Lipinski definition) is 0. The molecule has 1 atom stereocenters. The van der Waals surface area contributed by atoms with Crippen LogP contribution < -0.4 is 0 Å². The van der Waals surface area contributed by atoms with Gasteiger partial charge < -0.3 is 4.74 Å². The Bertz CT molecular complexity index is 829. The molecule has 0 saturated heterocycles. The molecule has 0 aromatic heterocycles. The van der Waals surface area contributed by atoms with Crippen LogP contribution in [0.4, 0.5) is 0 Å². The summed E-state index contributed by atoms with van der Waals surface area (Å²) in [5.41, 5.74) is 0.651. The Morgan fingerprint density at radius 2 is 1.92 bits per heavy atom. The topological polar surface area (TPSA) is 26.3 Å². The third-order valence-electron chi connectivity index (χ3n) is 4.61. The first-order valence-corrected chi connectivity index (χ1v) is 9.17. The highest BCUT2D eigenvalue weighted by atomic mass is 16.5. The zero-order valence-electron chi connectivity index (χ0n) is 16.2. The number of hydrogen-bond acceptors (Lipinski definition) is 2. The second-order valence-electron chi connectivity index (χ2n) is 7.31. The summed E-state index contributed by atoms with van der Waals surface area (Å²) in [4.78, 5) is 11.6. The van der Waals surface area contributed by atoms with Gasteiger partial charge in [0.05, 0.1) is 7.11 Å². The predicted molar refractivity (Wildman–Crippen MR) is 109 cm³/mol. The lowest BCUT2D eigenvalue weighted by molar-refractivity contribution is -0.147. The number of benzene rings is 2. The Balaban J connectivity index is 1.86. The molecule has 1 unspecified atom stereocenters. The minimum absolute atomic E-state index is 0.304. The number of ether oxygens (including phenoxy) is 1. The van der Waals surface area contributed by atoms with Crippen molar-refractivity contribution in [1.82, 2.24) is 0 Å². The lowest BCUT2D eigenvalue weighted by Gasteiger charge is -2.13. The van der Waals surface area contributed by atoms with Crippen LogP contribution in [0.2, 0.25) is 0 Å². The predicted octanol–water partition coefficient (Wildman–Crippen LogP) is 5.56. The first kappa shape index (κ1) is 19.8. The highest BCUT2D eigenvalue weighted by Crippen LogP contribution is 2.22. The fraction of sp³-hybridized carbons (Fsp3) is 0.375. The SMILES string of the molecule is COC(=O)C(C)(C)C#C/C=C/CC(C)CCc1cccc2ccccc12. The van der Waals surface area contributed by atoms with Gasteiger partial charge in [-0.2, -0.15) is 0 Å². The van der Waals surface area contributed by atoms with Crippen molar-refractivity contribution in [1.29, 1.82) is 0 Å². The van der Waals surface area contributed by atoms with Crippen molar-refractivity contribution in [3.63, 3.8) is 0 Å². The number of methoxy groups -OCH3 is 1. The first-order valence-electron chi connectivity index (χ1n) is 9.17. The Morgan fingerprint density at radius 3 is 2.69 bits per heavy atom. The van der Waals surface area contributed by atoms with E-state index in [1.54, 1.807) is 13.8 Å². The van der Waals surface area contributed by atoms with Crippen LogP contribution in [-0.4, -0.2) is 13.1 Å². The van der Waals surface area contributed by atoms with Crippen LogP contribution >= 0.6 is 0 Å². The molecule has 0 aliphatic carbocycles. The smallest absolute Gasteiger partial charge is 0.323 e. The van der Waals surface area contributed by atoms with Crippen LogP contribution in [0.1, 0.15) is 39.2 Å². The Morgan fingerprint density at radius 1 is 1.19 bits per heavy atom. The number of rotatable bonds is 6. The number of allylic oxidation sites excluding steroid dienone is 2. The van der Waals surface area contributed by atoms with Crippen LogP contribution in [-0.2, 0) is 16.0 Å². The molecule has 26 heavy (non-hydrogen) atoms. The molecule has 0 heterocycles. The van der Waals surface area contributed by atoms with Gasteiger partial charge >= 0.3 is 5.97 Å². The quantitative estimate of drug-likeness (QED) is 0.505. The number of carbonyl (C=O) groups is 1. The minimum Gasteiger partial charge on any atom is -0.468 e. The molecule has 0 radical (unpaired) electrons. The molecule has 0 aliphatic heterocycles. The summed E-state index contributed by atoms with van der Waals surface area (Å²) in [6, 6.07) is 15.1. The van der Waals surface area contributed by atoms with Crippen molar-refractivity contribution >= 4 is 16.7 Å². The molecule has 0 bridgehead atoms. The fourth-order valence-electron chi connectivity index (χ4n) is 2.92. The van der Waals surface area contributed by atoms with E-state index in [2.05, 4.69) is 67.3 Å². The Labute approximate surface area is 157 Å². The van der Waals surface area contributed by atoms with E-state index in [1.165, 1.54) is 23.4 Å². The van der Waals surface area contributed by atoms with Crippen LogP contribution in [0, 0.1) is 23.2 Å². The third-order valence-corrected chi connectivity index (χ3v) is 4.61. The van der Waals surface area contributed by atoms with Crippen molar-refractivity contribution in [2.24, 2.45) is 11.3 Å². The molecule has 2 heteroatoms. The monoisotopic (exact) mass is 348 g/mol. The molecule has 136 valence electrons. The zero-order chi connectivity index (χ0) is 19.0. The van der Waals surface area contributed by atoms with Gasteiger partial charge in [-0.25, -0.2) is 0 Å². The van der Waals surface area contributed by atoms with E-state index in [0.717, 1.165) is 19.3 Å². The highest BCUT2D eigenvalue weighted by molar-refractivity contribution is 5.85. The molecule has 0 saturated carbocycles. The van der Waals surface area contributed by atoms with Gasteiger partial charge in [0.1, 0.15) is 5.41 Å². The molecule has 2 nitrogen and oxygen atoms in total. The molecular formula is C24H28O2. The van der Waals surface area contributed by atoms with Gasteiger partial charge in [0.15, 0.2) is 0 Å². The Hall–Kier alpha value is -2.53. The maximum atomic E-state index is 11.6. The number of esters is 1. The average molecular weight is 348 g/mol. The van der Waals surface area contributed by atoms with Gasteiger partial charge in [-0.3, -0.25) is 4.79 Å². The summed E-state index contributed by atoms with van der Waals surface area (Å²) in [6.45, 7) is 5.81. The summed E-state index contributed by atoms with van der Waals surface area (Å²) in [7, 11) is 1.39. The summed E-state index contributed by atoms with van der Waals surface area (Å²) < 4.78 is 4.75. The average Bonchev–Trinajstić information content (AvgIpc) is 2.65. The Kier molecular flexibility index (Phi) is 7.04. The molecule has 2 rings (SSSR count). The van der Waals surface area contributed by atoms with E-state index in [0.29, 0.717) is 5.92 Å². The second kappa shape index (κ2) is 9.25. The fourth-order valence-corrected chi connectivity index (χ4v) is 2.92. The van der Waals surface area contributed by atoms with E-state index < -0.39 is 5.41 Å². The molecule has 0 N–H and O–H groups in total. The summed E-state index contributed by atoms with van der Waals surface area (Å²) in [5, 5.41) is 2.66. The minimum atomic E-state index is -0.765. The first-order chi connectivity index (χ1) is 12.4. The maximum Gasteiger partial charge on any atom is 0.323 e. The standard InChI is InChI=1S/C24H28O2/c1-19(11-6-5-9-18-24(2,3)23(25)26-4)16-17-21-14-10-13-20-12-7-8-15-22(20)21/h5-8,10,12-15,19H,11,16-17H2,1-4H3/b6-5+. The number of aryl methyl sites for hydroxylation is 1. The molecule has 0 fully saturated rings. The van der Waals surface area contributed by atoms with Crippen LogP contribution in [0.25, 0.3) is 10.8 Å². The van der Waals surface area contributed by atoms with Gasteiger partial charge in [0.2, 0.25) is 0 Å². The van der Waals surface area contributed by atoms with Gasteiger partial charge in [-0.1, -0.05) is 67.3 Å². The van der Waals surface area contributed by atoms with E-state index in [9.17, 15) is 4.79 Å². The van der Waals surface area contributed by atoms with Crippen molar-refractivity contribution in [3.8, 4) is 11.8 Å². The van der Waals surface area contributed by atoms with Crippen LogP contribution in [0.5, 0.6) is 0 Å². The lowest BCUT2D eigenvalue weighted by Crippen LogP contribution is -2.23. The van der Waals surface area contributed by atoms with Gasteiger partial charge in [0, 0.05) is 0 Å². The summed E-state index contributed by atoms with van der Waals surface area (Å²) in [6.07, 6.45) is 7.14. The third kappa shape index (κ3) is 5.49. The van der Waals surface area contributed by atoms with E-state index in [-0.39, 0.29) is 5.97 Å². The normalized spacial score (nSPS) is 12.6. The van der Waals surface area contributed by atoms with E-state index >= 15 is 0 Å². The number of fused-ring (bicyclic) bond motifs is 1. The van der Waals surface area contributed by atoms with E-state index in [4.69, 9.17) is 4.74 Å². The van der Waals surface area contributed by atoms with Crippen molar-refractivity contribution < 1.29 is 9.53 Å². The lowest BCUT2D eigenvalue weighted by atomic mass is 9.94. The second-order valence-corrected chi connectivity index (χ2v) is 7.31. The molecule has 2 aromatic carbocycles. The summed E-state index contributed by atoms with van der Waals surface area (Å²) >= 11 is 0. The number of carbonyl (C=O) groups excluding carboxylic acids is 1. The summed E-state index contributed by atoms with van der Waals surface area (Å²) in [5.74, 6) is 6.19. The van der Waals surface area contributed by atoms with Crippen LogP contribution in [0.3, 0.4) is 0 Å². The maximum absolute atomic E-state index is 11.6. The molecular weight excluding hydrogens is 320 g/mol. The molecule has 0 aliphatic rings. The highest BCUT2D eigenvalue weighted by Gasteiger charge is 2.25. The van der Waals surface area contributed by atoms with Gasteiger partial charge in [0.25, 0.3) is 0 Å². The van der Waals surface area contributed by atoms with Gasteiger partial charge in [-0.15, -0.1) is 0 Å². The van der Waals surface area contributed by atoms with Gasteiger partial charge in [-0.05, 0) is 61.4 Å². The van der Waals surface area contributed by atoms with Crippen molar-refractivity contribution in [2.75, 3.05) is 7.11 Å².